The van der Waals surface area contributed by atoms with Crippen LogP contribution in [0.5, 0.6) is 0 Å². The molecule has 1 saturated heterocycles. The van der Waals surface area contributed by atoms with Crippen LogP contribution in [0.2, 0.25) is 0 Å². The van der Waals surface area contributed by atoms with Crippen molar-refractivity contribution in [1.82, 2.24) is 20.6 Å². The van der Waals surface area contributed by atoms with Gasteiger partial charge in [-0.2, -0.15) is 0 Å². The number of aromatic amines is 2. The van der Waals surface area contributed by atoms with E-state index in [0.29, 0.717) is 6.42 Å². The second-order valence-corrected chi connectivity index (χ2v) is 7.29. The second-order valence-electron chi connectivity index (χ2n) is 7.29. The molecule has 27 heavy (non-hydrogen) atoms. The van der Waals surface area contributed by atoms with E-state index < -0.39 is 0 Å². The lowest BCUT2D eigenvalue weighted by Crippen LogP contribution is -2.59. The van der Waals surface area contributed by atoms with Crippen molar-refractivity contribution >= 4 is 27.7 Å². The summed E-state index contributed by atoms with van der Waals surface area (Å²) in [6.07, 6.45) is 5.57. The van der Waals surface area contributed by atoms with Gasteiger partial charge < -0.3 is 20.6 Å². The molecule has 1 aliphatic rings. The first-order valence-electron chi connectivity index (χ1n) is 9.41. The largest absolute Gasteiger partial charge is 0.361 e. The Kier molecular flexibility index (Phi) is 3.94. The molecule has 1 aliphatic heterocycles. The van der Waals surface area contributed by atoms with Gasteiger partial charge in [0.1, 0.15) is 0 Å². The maximum atomic E-state index is 12.7. The van der Waals surface area contributed by atoms with Gasteiger partial charge in [-0.3, -0.25) is 4.79 Å². The van der Waals surface area contributed by atoms with Gasteiger partial charge in [-0.05, 0) is 36.1 Å². The van der Waals surface area contributed by atoms with Crippen molar-refractivity contribution in [3.05, 3.63) is 72.1 Å². The molecule has 0 spiro atoms. The van der Waals surface area contributed by atoms with Gasteiger partial charge in [0.25, 0.3) is 0 Å². The normalized spacial score (nSPS) is 20.2. The summed E-state index contributed by atoms with van der Waals surface area (Å²) in [5.74, 6) is 0.0800. The van der Waals surface area contributed by atoms with Crippen molar-refractivity contribution in [2.24, 2.45) is 0 Å². The molecule has 0 bridgehead atoms. The first-order valence-corrected chi connectivity index (χ1v) is 9.41. The van der Waals surface area contributed by atoms with E-state index in [1.165, 1.54) is 21.9 Å². The highest BCUT2D eigenvalue weighted by Crippen LogP contribution is 2.21. The van der Waals surface area contributed by atoms with Crippen LogP contribution in [0.25, 0.3) is 21.8 Å². The van der Waals surface area contributed by atoms with Crippen molar-refractivity contribution in [3.63, 3.8) is 0 Å². The second kappa shape index (κ2) is 6.59. The molecule has 2 aromatic carbocycles. The highest BCUT2D eigenvalue weighted by molar-refractivity contribution is 5.87. The van der Waals surface area contributed by atoms with E-state index in [-0.39, 0.29) is 18.0 Å². The van der Waals surface area contributed by atoms with Crippen molar-refractivity contribution in [1.29, 1.82) is 0 Å². The SMILES string of the molecule is O=C1N[C@@H](Cc2c[nH]c3ccccc23)CN[C@H]1Cc1c[nH]c2ccccc12. The molecule has 0 radical (unpaired) electrons. The Morgan fingerprint density at radius 3 is 2.04 bits per heavy atom. The minimum Gasteiger partial charge on any atom is -0.361 e. The number of carbonyl (C=O) groups is 1. The summed E-state index contributed by atoms with van der Waals surface area (Å²) in [6, 6.07) is 16.4. The van der Waals surface area contributed by atoms with E-state index in [1.807, 2.05) is 24.4 Å². The standard InChI is InChI=1S/C22H22N4O/c27-22-21(10-15-12-24-20-8-4-2-6-18(15)20)25-13-16(26-22)9-14-11-23-19-7-3-1-5-17(14)19/h1-8,11-12,16,21,23-25H,9-10,13H2,(H,26,27)/t16-,21-/m0/s1. The summed E-state index contributed by atoms with van der Waals surface area (Å²) < 4.78 is 0. The molecule has 3 heterocycles. The Hall–Kier alpha value is -3.05. The number of fused-ring (bicyclic) bond motifs is 2. The van der Waals surface area contributed by atoms with E-state index in [0.717, 1.165) is 24.0 Å². The van der Waals surface area contributed by atoms with Crippen molar-refractivity contribution in [3.8, 4) is 0 Å². The summed E-state index contributed by atoms with van der Waals surface area (Å²) >= 11 is 0. The Labute approximate surface area is 157 Å². The van der Waals surface area contributed by atoms with Gasteiger partial charge in [-0.25, -0.2) is 0 Å². The number of carbonyl (C=O) groups excluding carboxylic acids is 1. The number of rotatable bonds is 4. The molecule has 1 amide bonds. The smallest absolute Gasteiger partial charge is 0.237 e. The zero-order valence-corrected chi connectivity index (χ0v) is 15.0. The summed E-state index contributed by atoms with van der Waals surface area (Å²) in [5.41, 5.74) is 4.67. The maximum absolute atomic E-state index is 12.7. The number of H-pyrrole nitrogens is 2. The number of piperazine rings is 1. The Morgan fingerprint density at radius 2 is 1.41 bits per heavy atom. The third-order valence-corrected chi connectivity index (χ3v) is 5.51. The summed E-state index contributed by atoms with van der Waals surface area (Å²) in [4.78, 5) is 19.3. The summed E-state index contributed by atoms with van der Waals surface area (Å²) in [6.45, 7) is 0.776. The topological polar surface area (TPSA) is 72.7 Å². The number of nitrogens with one attached hydrogen (secondary N) is 4. The van der Waals surface area contributed by atoms with Gasteiger partial charge in [0.2, 0.25) is 5.91 Å². The third-order valence-electron chi connectivity index (χ3n) is 5.51. The molecule has 0 saturated carbocycles. The fraction of sp³-hybridized carbons (Fsp3) is 0.227. The first kappa shape index (κ1) is 16.1. The predicted molar refractivity (Wildman–Crippen MR) is 108 cm³/mol. The average Bonchev–Trinajstić information content (AvgIpc) is 3.29. The number of aromatic nitrogens is 2. The van der Waals surface area contributed by atoms with Crippen LogP contribution in [-0.4, -0.2) is 34.5 Å². The molecule has 5 heteroatoms. The third kappa shape index (κ3) is 3.00. The summed E-state index contributed by atoms with van der Waals surface area (Å²) in [7, 11) is 0. The average molecular weight is 358 g/mol. The predicted octanol–water partition coefficient (Wildman–Crippen LogP) is 2.89. The molecule has 4 N–H and O–H groups in total. The zero-order valence-electron chi connectivity index (χ0n) is 15.0. The Morgan fingerprint density at radius 1 is 0.815 bits per heavy atom. The van der Waals surface area contributed by atoms with Crippen LogP contribution < -0.4 is 10.6 Å². The van der Waals surface area contributed by atoms with Crippen molar-refractivity contribution in [2.45, 2.75) is 24.9 Å². The quantitative estimate of drug-likeness (QED) is 0.453. The van der Waals surface area contributed by atoms with E-state index >= 15 is 0 Å². The fourth-order valence-electron chi connectivity index (χ4n) is 4.10. The van der Waals surface area contributed by atoms with Gasteiger partial charge in [0.05, 0.1) is 6.04 Å². The minimum absolute atomic E-state index is 0.0800. The fourth-order valence-corrected chi connectivity index (χ4v) is 4.10. The molecular weight excluding hydrogens is 336 g/mol. The number of hydrogen-bond donors (Lipinski definition) is 4. The monoisotopic (exact) mass is 358 g/mol. The number of hydrogen-bond acceptors (Lipinski definition) is 2. The molecule has 5 rings (SSSR count). The molecule has 2 aromatic heterocycles. The molecule has 0 aliphatic carbocycles. The first-order chi connectivity index (χ1) is 13.3. The molecule has 4 aromatic rings. The summed E-state index contributed by atoms with van der Waals surface area (Å²) in [5, 5.41) is 9.07. The highest BCUT2D eigenvalue weighted by atomic mass is 16.2. The lowest BCUT2D eigenvalue weighted by atomic mass is 9.99. The van der Waals surface area contributed by atoms with Crippen LogP contribution in [0, 0.1) is 0 Å². The van der Waals surface area contributed by atoms with Crippen LogP contribution in [0.3, 0.4) is 0 Å². The van der Waals surface area contributed by atoms with Crippen LogP contribution in [-0.2, 0) is 17.6 Å². The maximum Gasteiger partial charge on any atom is 0.237 e. The van der Waals surface area contributed by atoms with E-state index in [1.54, 1.807) is 0 Å². The van der Waals surface area contributed by atoms with Crippen LogP contribution in [0.4, 0.5) is 0 Å². The number of para-hydroxylation sites is 2. The molecule has 1 fully saturated rings. The van der Waals surface area contributed by atoms with E-state index in [9.17, 15) is 4.79 Å². The molecule has 136 valence electrons. The Bertz CT molecular complexity index is 1110. The lowest BCUT2D eigenvalue weighted by Gasteiger charge is -2.30. The number of amides is 1. The van der Waals surface area contributed by atoms with Crippen molar-refractivity contribution < 1.29 is 4.79 Å². The van der Waals surface area contributed by atoms with Gasteiger partial charge in [0, 0.05) is 46.8 Å². The minimum atomic E-state index is -0.191. The molecule has 0 unspecified atom stereocenters. The highest BCUT2D eigenvalue weighted by Gasteiger charge is 2.28. The van der Waals surface area contributed by atoms with Crippen molar-refractivity contribution in [2.75, 3.05) is 6.54 Å². The van der Waals surface area contributed by atoms with Crippen LogP contribution >= 0.6 is 0 Å². The van der Waals surface area contributed by atoms with E-state index in [2.05, 4.69) is 57.1 Å². The lowest BCUT2D eigenvalue weighted by molar-refractivity contribution is -0.125. The van der Waals surface area contributed by atoms with Gasteiger partial charge >= 0.3 is 0 Å². The van der Waals surface area contributed by atoms with Gasteiger partial charge in [0.15, 0.2) is 0 Å². The molecular formula is C22H22N4O. The molecule has 2 atom stereocenters. The molecule has 5 nitrogen and oxygen atoms in total. The van der Waals surface area contributed by atoms with E-state index in [4.69, 9.17) is 0 Å². The number of benzene rings is 2. The van der Waals surface area contributed by atoms with Crippen LogP contribution in [0.15, 0.2) is 60.9 Å². The van der Waals surface area contributed by atoms with Gasteiger partial charge in [-0.15, -0.1) is 0 Å². The Balaban J connectivity index is 1.27. The van der Waals surface area contributed by atoms with Gasteiger partial charge in [-0.1, -0.05) is 36.4 Å². The van der Waals surface area contributed by atoms with Crippen LogP contribution in [0.1, 0.15) is 11.1 Å². The zero-order chi connectivity index (χ0) is 18.2.